The van der Waals surface area contributed by atoms with Crippen LogP contribution in [0.25, 0.3) is 0 Å². The summed E-state index contributed by atoms with van der Waals surface area (Å²) in [6, 6.07) is 11.0. The second-order valence-corrected chi connectivity index (χ2v) is 7.67. The van der Waals surface area contributed by atoms with Crippen LogP contribution in [-0.4, -0.2) is 30.9 Å². The number of anilines is 2. The van der Waals surface area contributed by atoms with Gasteiger partial charge in [-0.05, 0) is 55.7 Å². The number of carbonyl (C=O) groups excluding carboxylic acids is 3. The van der Waals surface area contributed by atoms with Gasteiger partial charge in [0.2, 0.25) is 5.91 Å². The number of halogens is 1. The average Bonchev–Trinajstić information content (AvgIpc) is 3.06. The lowest BCUT2D eigenvalue weighted by Crippen LogP contribution is -2.28. The molecule has 1 heterocycles. The third kappa shape index (κ3) is 4.77. The van der Waals surface area contributed by atoms with Crippen molar-refractivity contribution in [3.05, 3.63) is 58.1 Å². The Hall–Kier alpha value is -2.86. The van der Waals surface area contributed by atoms with Gasteiger partial charge in [-0.3, -0.25) is 14.4 Å². The lowest BCUT2D eigenvalue weighted by molar-refractivity contribution is -0.151. The quantitative estimate of drug-likeness (QED) is 0.755. The molecule has 29 heavy (non-hydrogen) atoms. The molecule has 1 fully saturated rings. The van der Waals surface area contributed by atoms with Gasteiger partial charge in [0.15, 0.2) is 6.61 Å². The van der Waals surface area contributed by atoms with Crippen LogP contribution in [0.15, 0.2) is 36.4 Å². The summed E-state index contributed by atoms with van der Waals surface area (Å²) in [5.41, 5.74) is 4.31. The maximum atomic E-state index is 12.4. The molecule has 1 N–H and O–H groups in total. The van der Waals surface area contributed by atoms with E-state index >= 15 is 0 Å². The number of esters is 1. The van der Waals surface area contributed by atoms with Crippen molar-refractivity contribution in [3.63, 3.8) is 0 Å². The predicted molar refractivity (Wildman–Crippen MR) is 112 cm³/mol. The predicted octanol–water partition coefficient (Wildman–Crippen LogP) is 3.80. The van der Waals surface area contributed by atoms with E-state index in [9.17, 15) is 14.4 Å². The normalized spacial score (nSPS) is 16.1. The van der Waals surface area contributed by atoms with Gasteiger partial charge >= 0.3 is 5.97 Å². The second-order valence-electron chi connectivity index (χ2n) is 7.26. The Kier molecular flexibility index (Phi) is 6.23. The monoisotopic (exact) mass is 414 g/mol. The molecule has 0 saturated carbocycles. The molecule has 7 heteroatoms. The molecule has 1 aliphatic rings. The molecule has 0 aromatic heterocycles. The Balaban J connectivity index is 1.56. The van der Waals surface area contributed by atoms with Crippen molar-refractivity contribution in [1.82, 2.24) is 0 Å². The molecular formula is C22H23ClN2O4. The van der Waals surface area contributed by atoms with E-state index < -0.39 is 24.4 Å². The number of amides is 2. The fourth-order valence-corrected chi connectivity index (χ4v) is 3.57. The average molecular weight is 415 g/mol. The van der Waals surface area contributed by atoms with E-state index in [1.54, 1.807) is 17.0 Å². The molecule has 0 unspecified atom stereocenters. The van der Waals surface area contributed by atoms with Gasteiger partial charge in [0.1, 0.15) is 0 Å². The van der Waals surface area contributed by atoms with E-state index in [-0.39, 0.29) is 18.9 Å². The van der Waals surface area contributed by atoms with Crippen molar-refractivity contribution in [2.24, 2.45) is 5.92 Å². The van der Waals surface area contributed by atoms with Crippen molar-refractivity contribution in [3.8, 4) is 0 Å². The minimum absolute atomic E-state index is 0.0671. The van der Waals surface area contributed by atoms with E-state index in [4.69, 9.17) is 16.3 Å². The standard InChI is InChI=1S/C22H23ClN2O4/c1-13-7-8-18(17(23)9-13)24-20(26)12-29-22(28)16-10-21(27)25(11-16)19-6-4-5-14(2)15(19)3/h4-9,16H,10-12H2,1-3H3,(H,24,26)/t16-/m1/s1. The number of aryl methyl sites for hydroxylation is 2. The summed E-state index contributed by atoms with van der Waals surface area (Å²) in [6.07, 6.45) is 0.0671. The topological polar surface area (TPSA) is 75.7 Å². The minimum Gasteiger partial charge on any atom is -0.455 e. The highest BCUT2D eigenvalue weighted by atomic mass is 35.5. The molecule has 1 atom stereocenters. The third-order valence-corrected chi connectivity index (χ3v) is 5.38. The first kappa shape index (κ1) is 20.9. The van der Waals surface area contributed by atoms with Crippen molar-refractivity contribution in [1.29, 1.82) is 0 Å². The summed E-state index contributed by atoms with van der Waals surface area (Å²) in [6.45, 7) is 5.63. The Morgan fingerprint density at radius 3 is 2.69 bits per heavy atom. The number of carbonyl (C=O) groups is 3. The lowest BCUT2D eigenvalue weighted by atomic mass is 10.1. The lowest BCUT2D eigenvalue weighted by Gasteiger charge is -2.20. The van der Waals surface area contributed by atoms with Gasteiger partial charge in [-0.15, -0.1) is 0 Å². The molecular weight excluding hydrogens is 392 g/mol. The van der Waals surface area contributed by atoms with Crippen molar-refractivity contribution in [2.45, 2.75) is 27.2 Å². The molecule has 3 rings (SSSR count). The number of hydrogen-bond acceptors (Lipinski definition) is 4. The summed E-state index contributed by atoms with van der Waals surface area (Å²) in [4.78, 5) is 38.5. The van der Waals surface area contributed by atoms with Crippen LogP contribution in [0.3, 0.4) is 0 Å². The summed E-state index contributed by atoms with van der Waals surface area (Å²) in [7, 11) is 0. The third-order valence-electron chi connectivity index (χ3n) is 5.07. The number of nitrogens with one attached hydrogen (secondary N) is 1. The first-order chi connectivity index (χ1) is 13.8. The molecule has 2 aromatic carbocycles. The number of nitrogens with zero attached hydrogens (tertiary/aromatic N) is 1. The fraction of sp³-hybridized carbons (Fsp3) is 0.318. The first-order valence-electron chi connectivity index (χ1n) is 9.35. The van der Waals surface area contributed by atoms with Crippen LogP contribution in [0, 0.1) is 26.7 Å². The second kappa shape index (κ2) is 8.66. The Morgan fingerprint density at radius 1 is 1.21 bits per heavy atom. The maximum Gasteiger partial charge on any atom is 0.311 e. The number of hydrogen-bond donors (Lipinski definition) is 1. The van der Waals surface area contributed by atoms with E-state index in [2.05, 4.69) is 5.32 Å². The molecule has 0 spiro atoms. The van der Waals surface area contributed by atoms with Gasteiger partial charge < -0.3 is 15.0 Å². The van der Waals surface area contributed by atoms with E-state index in [0.717, 1.165) is 22.4 Å². The first-order valence-corrected chi connectivity index (χ1v) is 9.73. The molecule has 1 saturated heterocycles. The van der Waals surface area contributed by atoms with E-state index in [1.807, 2.05) is 45.0 Å². The fourth-order valence-electron chi connectivity index (χ4n) is 3.29. The molecule has 0 radical (unpaired) electrons. The van der Waals surface area contributed by atoms with Crippen molar-refractivity contribution >= 4 is 40.8 Å². The highest BCUT2D eigenvalue weighted by Gasteiger charge is 2.37. The number of ether oxygens (including phenoxy) is 1. The summed E-state index contributed by atoms with van der Waals surface area (Å²) in [5, 5.41) is 3.03. The summed E-state index contributed by atoms with van der Waals surface area (Å²) in [5.74, 6) is -1.77. The van der Waals surface area contributed by atoms with Gasteiger partial charge in [0, 0.05) is 18.7 Å². The molecule has 2 amide bonds. The maximum absolute atomic E-state index is 12.4. The molecule has 0 bridgehead atoms. The Bertz CT molecular complexity index is 973. The van der Waals surface area contributed by atoms with Crippen molar-refractivity contribution in [2.75, 3.05) is 23.4 Å². The van der Waals surface area contributed by atoms with Crippen LogP contribution in [-0.2, 0) is 19.1 Å². The van der Waals surface area contributed by atoms with Crippen LogP contribution in [0.4, 0.5) is 11.4 Å². The van der Waals surface area contributed by atoms with Gasteiger partial charge in [-0.25, -0.2) is 0 Å². The van der Waals surface area contributed by atoms with Crippen LogP contribution < -0.4 is 10.2 Å². The van der Waals surface area contributed by atoms with E-state index in [0.29, 0.717) is 10.7 Å². The minimum atomic E-state index is -0.599. The smallest absolute Gasteiger partial charge is 0.311 e. The van der Waals surface area contributed by atoms with Gasteiger partial charge in [-0.1, -0.05) is 29.8 Å². The Morgan fingerprint density at radius 2 is 1.97 bits per heavy atom. The van der Waals surface area contributed by atoms with Gasteiger partial charge in [0.05, 0.1) is 16.6 Å². The van der Waals surface area contributed by atoms with Crippen LogP contribution in [0.1, 0.15) is 23.1 Å². The zero-order valence-electron chi connectivity index (χ0n) is 16.6. The zero-order valence-corrected chi connectivity index (χ0v) is 17.4. The zero-order chi connectivity index (χ0) is 21.1. The van der Waals surface area contributed by atoms with Crippen LogP contribution in [0.5, 0.6) is 0 Å². The van der Waals surface area contributed by atoms with E-state index in [1.165, 1.54) is 0 Å². The molecule has 6 nitrogen and oxygen atoms in total. The largest absolute Gasteiger partial charge is 0.455 e. The van der Waals surface area contributed by atoms with Crippen molar-refractivity contribution < 1.29 is 19.1 Å². The Labute approximate surface area is 174 Å². The molecule has 2 aromatic rings. The molecule has 152 valence electrons. The highest BCUT2D eigenvalue weighted by molar-refractivity contribution is 6.33. The molecule has 1 aliphatic heterocycles. The number of rotatable bonds is 5. The van der Waals surface area contributed by atoms with Gasteiger partial charge in [-0.2, -0.15) is 0 Å². The van der Waals surface area contributed by atoms with Crippen LogP contribution in [0.2, 0.25) is 5.02 Å². The van der Waals surface area contributed by atoms with Crippen LogP contribution >= 0.6 is 11.6 Å². The highest BCUT2D eigenvalue weighted by Crippen LogP contribution is 2.30. The SMILES string of the molecule is Cc1ccc(NC(=O)COC(=O)[C@@H]2CC(=O)N(c3cccc(C)c3C)C2)c(Cl)c1. The van der Waals surface area contributed by atoms with Gasteiger partial charge in [0.25, 0.3) is 5.91 Å². The number of benzene rings is 2. The molecule has 0 aliphatic carbocycles. The summed E-state index contributed by atoms with van der Waals surface area (Å²) < 4.78 is 5.14. The summed E-state index contributed by atoms with van der Waals surface area (Å²) >= 11 is 6.09.